The van der Waals surface area contributed by atoms with Crippen LogP contribution in [0, 0.1) is 5.92 Å². The van der Waals surface area contributed by atoms with Crippen LogP contribution in [0.1, 0.15) is 16.2 Å². The van der Waals surface area contributed by atoms with Crippen LogP contribution in [0.25, 0.3) is 0 Å². The van der Waals surface area contributed by atoms with E-state index in [-0.39, 0.29) is 5.91 Å². The molecule has 0 saturated carbocycles. The third-order valence-electron chi connectivity index (χ3n) is 2.41. The number of hydrogen-bond donors (Lipinski definition) is 2. The second-order valence-corrected chi connectivity index (χ2v) is 5.73. The number of nitrogens with zero attached hydrogens (tertiary/aromatic N) is 2. The van der Waals surface area contributed by atoms with Crippen LogP contribution in [0.2, 0.25) is 0 Å². The van der Waals surface area contributed by atoms with E-state index in [4.69, 9.17) is 0 Å². The molecule has 2 N–H and O–H groups in total. The monoisotopic (exact) mass is 258 g/mol. The first-order chi connectivity index (χ1) is 7.79. The number of thioether (sulfide) groups is 1. The summed E-state index contributed by atoms with van der Waals surface area (Å²) in [5.74, 6) is 2.86. The summed E-state index contributed by atoms with van der Waals surface area (Å²) < 4.78 is 0. The van der Waals surface area contributed by atoms with Gasteiger partial charge in [-0.1, -0.05) is 11.3 Å². The highest BCUT2D eigenvalue weighted by Gasteiger charge is 2.18. The average Bonchev–Trinajstić information content (AvgIpc) is 2.96. The fourth-order valence-electron chi connectivity index (χ4n) is 1.47. The van der Waals surface area contributed by atoms with Crippen molar-refractivity contribution in [1.29, 1.82) is 0 Å². The first-order valence-corrected chi connectivity index (χ1v) is 7.14. The molecule has 1 amide bonds. The molecule has 1 atom stereocenters. The summed E-state index contributed by atoms with van der Waals surface area (Å²) in [6.45, 7) is 0.750. The van der Waals surface area contributed by atoms with Crippen molar-refractivity contribution >= 4 is 34.1 Å². The first kappa shape index (κ1) is 11.7. The van der Waals surface area contributed by atoms with Crippen LogP contribution < -0.4 is 10.6 Å². The molecule has 0 aromatic carbocycles. The normalized spacial score (nSPS) is 19.7. The van der Waals surface area contributed by atoms with Gasteiger partial charge in [-0.15, -0.1) is 10.2 Å². The number of rotatable bonds is 4. The second-order valence-electron chi connectivity index (χ2n) is 3.60. The Kier molecular flexibility index (Phi) is 4.00. The van der Waals surface area contributed by atoms with Gasteiger partial charge in [0.2, 0.25) is 10.1 Å². The Morgan fingerprint density at radius 1 is 1.56 bits per heavy atom. The molecule has 5 nitrogen and oxygen atoms in total. The van der Waals surface area contributed by atoms with Crippen molar-refractivity contribution in [2.45, 2.75) is 6.42 Å². The lowest BCUT2D eigenvalue weighted by Crippen LogP contribution is -2.29. The van der Waals surface area contributed by atoms with E-state index in [0.29, 0.717) is 16.1 Å². The van der Waals surface area contributed by atoms with Crippen molar-refractivity contribution in [3.8, 4) is 0 Å². The molecule has 1 aromatic heterocycles. The molecule has 1 saturated heterocycles. The quantitative estimate of drug-likeness (QED) is 0.845. The molecule has 2 rings (SSSR count). The van der Waals surface area contributed by atoms with Gasteiger partial charge >= 0.3 is 0 Å². The minimum absolute atomic E-state index is 0.115. The van der Waals surface area contributed by atoms with Crippen molar-refractivity contribution in [2.75, 3.05) is 30.4 Å². The molecule has 1 aromatic rings. The van der Waals surface area contributed by atoms with Crippen LogP contribution in [-0.2, 0) is 0 Å². The van der Waals surface area contributed by atoms with Crippen molar-refractivity contribution in [3.63, 3.8) is 0 Å². The highest BCUT2D eigenvalue weighted by molar-refractivity contribution is 7.99. The Morgan fingerprint density at radius 2 is 2.44 bits per heavy atom. The van der Waals surface area contributed by atoms with E-state index >= 15 is 0 Å². The SMILES string of the molecule is CNc1nnc(C(=O)NCC2CCSC2)s1. The molecule has 1 aliphatic rings. The summed E-state index contributed by atoms with van der Waals surface area (Å²) in [6.07, 6.45) is 1.20. The molecule has 16 heavy (non-hydrogen) atoms. The maximum atomic E-state index is 11.7. The minimum atomic E-state index is -0.115. The van der Waals surface area contributed by atoms with E-state index in [0.717, 1.165) is 12.3 Å². The molecule has 7 heteroatoms. The highest BCUT2D eigenvalue weighted by atomic mass is 32.2. The van der Waals surface area contributed by atoms with E-state index in [9.17, 15) is 4.79 Å². The van der Waals surface area contributed by atoms with Crippen LogP contribution in [0.4, 0.5) is 5.13 Å². The largest absolute Gasteiger partial charge is 0.363 e. The van der Waals surface area contributed by atoms with Crippen LogP contribution in [0.3, 0.4) is 0 Å². The molecule has 0 bridgehead atoms. The van der Waals surface area contributed by atoms with Gasteiger partial charge in [0.05, 0.1) is 0 Å². The van der Waals surface area contributed by atoms with Crippen LogP contribution in [-0.4, -0.2) is 41.2 Å². The van der Waals surface area contributed by atoms with Crippen molar-refractivity contribution in [3.05, 3.63) is 5.01 Å². The van der Waals surface area contributed by atoms with E-state index in [1.165, 1.54) is 23.5 Å². The zero-order valence-corrected chi connectivity index (χ0v) is 10.7. The zero-order chi connectivity index (χ0) is 11.4. The third kappa shape index (κ3) is 2.85. The van der Waals surface area contributed by atoms with E-state index in [1.807, 2.05) is 11.8 Å². The smallest absolute Gasteiger partial charge is 0.282 e. The van der Waals surface area contributed by atoms with Gasteiger partial charge in [-0.25, -0.2) is 0 Å². The molecule has 0 radical (unpaired) electrons. The Balaban J connectivity index is 1.82. The Hall–Kier alpha value is -0.820. The predicted molar refractivity (Wildman–Crippen MR) is 67.2 cm³/mol. The predicted octanol–water partition coefficient (Wildman–Crippen LogP) is 1.06. The average molecular weight is 258 g/mol. The topological polar surface area (TPSA) is 66.9 Å². The van der Waals surface area contributed by atoms with Gasteiger partial charge in [-0.2, -0.15) is 11.8 Å². The standard InChI is InChI=1S/C9H14N4OS2/c1-10-9-13-12-8(16-9)7(14)11-4-6-2-3-15-5-6/h6H,2-5H2,1H3,(H,10,13)(H,11,14). The lowest BCUT2D eigenvalue weighted by atomic mass is 10.1. The van der Waals surface area contributed by atoms with Gasteiger partial charge in [0.25, 0.3) is 5.91 Å². The molecule has 1 unspecified atom stereocenters. The molecule has 1 aliphatic heterocycles. The lowest BCUT2D eigenvalue weighted by molar-refractivity contribution is 0.0947. The molecule has 1 fully saturated rings. The Morgan fingerprint density at radius 3 is 3.06 bits per heavy atom. The summed E-state index contributed by atoms with van der Waals surface area (Å²) in [5.41, 5.74) is 0. The summed E-state index contributed by atoms with van der Waals surface area (Å²) in [7, 11) is 1.76. The highest BCUT2D eigenvalue weighted by Crippen LogP contribution is 2.22. The summed E-state index contributed by atoms with van der Waals surface area (Å²) in [4.78, 5) is 11.7. The third-order valence-corrected chi connectivity index (χ3v) is 4.58. The molecular formula is C9H14N4OS2. The summed E-state index contributed by atoms with van der Waals surface area (Å²) in [5, 5.41) is 14.5. The Labute approximate surface area is 102 Å². The van der Waals surface area contributed by atoms with Gasteiger partial charge in [0, 0.05) is 13.6 Å². The maximum absolute atomic E-state index is 11.7. The van der Waals surface area contributed by atoms with Gasteiger partial charge in [-0.3, -0.25) is 4.79 Å². The number of carbonyl (C=O) groups excluding carboxylic acids is 1. The van der Waals surface area contributed by atoms with E-state index in [2.05, 4.69) is 20.8 Å². The zero-order valence-electron chi connectivity index (χ0n) is 9.02. The van der Waals surface area contributed by atoms with Crippen LogP contribution in [0.5, 0.6) is 0 Å². The van der Waals surface area contributed by atoms with Gasteiger partial charge in [-0.05, 0) is 23.8 Å². The first-order valence-electron chi connectivity index (χ1n) is 5.17. The van der Waals surface area contributed by atoms with E-state index in [1.54, 1.807) is 7.05 Å². The fraction of sp³-hybridized carbons (Fsp3) is 0.667. The summed E-state index contributed by atoms with van der Waals surface area (Å²) >= 11 is 3.22. The fourth-order valence-corrected chi connectivity index (χ4v) is 3.37. The number of amides is 1. The Bertz CT molecular complexity index is 362. The summed E-state index contributed by atoms with van der Waals surface area (Å²) in [6, 6.07) is 0. The van der Waals surface area contributed by atoms with Crippen molar-refractivity contribution < 1.29 is 4.79 Å². The number of anilines is 1. The van der Waals surface area contributed by atoms with Crippen LogP contribution >= 0.6 is 23.1 Å². The lowest BCUT2D eigenvalue weighted by Gasteiger charge is -2.07. The molecular weight excluding hydrogens is 244 g/mol. The van der Waals surface area contributed by atoms with E-state index < -0.39 is 0 Å². The number of aromatic nitrogens is 2. The molecule has 0 spiro atoms. The molecule has 0 aliphatic carbocycles. The van der Waals surface area contributed by atoms with Gasteiger partial charge in [0.15, 0.2) is 0 Å². The molecule has 88 valence electrons. The number of hydrogen-bond acceptors (Lipinski definition) is 6. The van der Waals surface area contributed by atoms with Gasteiger partial charge < -0.3 is 10.6 Å². The minimum Gasteiger partial charge on any atom is -0.363 e. The van der Waals surface area contributed by atoms with Crippen LogP contribution in [0.15, 0.2) is 0 Å². The maximum Gasteiger partial charge on any atom is 0.282 e. The van der Waals surface area contributed by atoms with Crippen molar-refractivity contribution in [1.82, 2.24) is 15.5 Å². The number of carbonyl (C=O) groups is 1. The van der Waals surface area contributed by atoms with Crippen molar-refractivity contribution in [2.24, 2.45) is 5.92 Å². The second kappa shape index (κ2) is 5.49. The molecule has 2 heterocycles. The van der Waals surface area contributed by atoms with Gasteiger partial charge in [0.1, 0.15) is 0 Å². The number of nitrogens with one attached hydrogen (secondary N) is 2.